The number of aliphatic hydroxyl groups excluding tert-OH is 1. The van der Waals surface area contributed by atoms with Gasteiger partial charge in [0.15, 0.2) is 0 Å². The molecule has 0 aliphatic rings. The number of para-hydroxylation sites is 1. The highest BCUT2D eigenvalue weighted by Gasteiger charge is 2.15. The highest BCUT2D eigenvalue weighted by molar-refractivity contribution is 7.07. The van der Waals surface area contributed by atoms with Crippen molar-refractivity contribution in [1.29, 1.82) is 0 Å². The molecule has 3 aromatic rings. The Morgan fingerprint density at radius 2 is 2.16 bits per heavy atom. The molecule has 0 spiro atoms. The van der Waals surface area contributed by atoms with Gasteiger partial charge in [-0.1, -0.05) is 18.2 Å². The zero-order chi connectivity index (χ0) is 13.2. The highest BCUT2D eigenvalue weighted by Crippen LogP contribution is 2.25. The standard InChI is InChI=1S/C15H16N2OS/c1-2-17-14-6-4-3-5-12(14)13(16-17)9-15(18)11-7-8-19-10-11/h3-8,10,15,18H,2,9H2,1H3. The normalized spacial score (nSPS) is 12.9. The molecule has 0 aliphatic carbocycles. The summed E-state index contributed by atoms with van der Waals surface area (Å²) in [5, 5.41) is 20.0. The van der Waals surface area contributed by atoms with Gasteiger partial charge in [0.1, 0.15) is 0 Å². The van der Waals surface area contributed by atoms with E-state index in [1.54, 1.807) is 11.3 Å². The van der Waals surface area contributed by atoms with Crippen molar-refractivity contribution >= 4 is 22.2 Å². The molecule has 0 bridgehead atoms. The molecule has 2 aromatic heterocycles. The molecule has 4 heteroatoms. The predicted molar refractivity (Wildman–Crippen MR) is 78.4 cm³/mol. The minimum Gasteiger partial charge on any atom is -0.388 e. The van der Waals surface area contributed by atoms with E-state index in [1.807, 2.05) is 33.6 Å². The van der Waals surface area contributed by atoms with Crippen molar-refractivity contribution in [2.45, 2.75) is 26.0 Å². The molecule has 1 unspecified atom stereocenters. The van der Waals surface area contributed by atoms with Crippen LogP contribution in [0, 0.1) is 0 Å². The third-order valence-electron chi connectivity index (χ3n) is 3.35. The number of thiophene rings is 1. The number of hydrogen-bond donors (Lipinski definition) is 1. The van der Waals surface area contributed by atoms with Crippen LogP contribution in [0.3, 0.4) is 0 Å². The zero-order valence-corrected chi connectivity index (χ0v) is 11.6. The fourth-order valence-electron chi connectivity index (χ4n) is 2.35. The maximum Gasteiger partial charge on any atom is 0.0854 e. The molecule has 3 rings (SSSR count). The molecule has 98 valence electrons. The third-order valence-corrected chi connectivity index (χ3v) is 4.05. The van der Waals surface area contributed by atoms with E-state index in [0.29, 0.717) is 6.42 Å². The molecule has 1 N–H and O–H groups in total. The predicted octanol–water partition coefficient (Wildman–Crippen LogP) is 3.39. The van der Waals surface area contributed by atoms with Crippen molar-refractivity contribution in [3.8, 4) is 0 Å². The first kappa shape index (κ1) is 12.4. The molecule has 2 heterocycles. The van der Waals surface area contributed by atoms with E-state index in [0.717, 1.165) is 28.7 Å². The van der Waals surface area contributed by atoms with Gasteiger partial charge in [-0.15, -0.1) is 0 Å². The third kappa shape index (κ3) is 2.29. The molecule has 0 fully saturated rings. The van der Waals surface area contributed by atoms with E-state index in [2.05, 4.69) is 24.2 Å². The lowest BCUT2D eigenvalue weighted by atomic mass is 10.1. The van der Waals surface area contributed by atoms with Crippen LogP contribution in [0.1, 0.15) is 24.3 Å². The zero-order valence-electron chi connectivity index (χ0n) is 10.8. The quantitative estimate of drug-likeness (QED) is 0.790. The first-order valence-electron chi connectivity index (χ1n) is 6.44. The van der Waals surface area contributed by atoms with E-state index < -0.39 is 6.10 Å². The average Bonchev–Trinajstić information content (AvgIpc) is 3.07. The fraction of sp³-hybridized carbons (Fsp3) is 0.267. The first-order chi connectivity index (χ1) is 9.29. The van der Waals surface area contributed by atoms with E-state index in [1.165, 1.54) is 0 Å². The number of aliphatic hydroxyl groups is 1. The molecule has 1 aromatic carbocycles. The Kier molecular flexibility index (Phi) is 3.36. The lowest BCUT2D eigenvalue weighted by Crippen LogP contribution is -2.03. The SMILES string of the molecule is CCn1nc(CC(O)c2ccsc2)c2ccccc21. The second kappa shape index (κ2) is 5.15. The summed E-state index contributed by atoms with van der Waals surface area (Å²) in [6.07, 6.45) is 0.0828. The Morgan fingerprint density at radius 1 is 1.32 bits per heavy atom. The first-order valence-corrected chi connectivity index (χ1v) is 7.38. The van der Waals surface area contributed by atoms with E-state index >= 15 is 0 Å². The van der Waals surface area contributed by atoms with Crippen LogP contribution in [0.25, 0.3) is 10.9 Å². The molecule has 0 radical (unpaired) electrons. The van der Waals surface area contributed by atoms with Gasteiger partial charge in [0.05, 0.1) is 17.3 Å². The average molecular weight is 272 g/mol. The summed E-state index contributed by atoms with van der Waals surface area (Å²) in [6, 6.07) is 10.2. The van der Waals surface area contributed by atoms with Crippen LogP contribution in [0.2, 0.25) is 0 Å². The van der Waals surface area contributed by atoms with Crippen LogP contribution < -0.4 is 0 Å². The minimum atomic E-state index is -0.477. The van der Waals surface area contributed by atoms with Gasteiger partial charge in [-0.2, -0.15) is 16.4 Å². The van der Waals surface area contributed by atoms with Gasteiger partial charge in [-0.05, 0) is 35.4 Å². The second-order valence-corrected chi connectivity index (χ2v) is 5.34. The van der Waals surface area contributed by atoms with Crippen LogP contribution in [0.15, 0.2) is 41.1 Å². The number of aryl methyl sites for hydroxylation is 1. The second-order valence-electron chi connectivity index (χ2n) is 4.56. The monoisotopic (exact) mass is 272 g/mol. The van der Waals surface area contributed by atoms with Crippen LogP contribution in [0.4, 0.5) is 0 Å². The topological polar surface area (TPSA) is 38.0 Å². The molecular formula is C15H16N2OS. The summed E-state index contributed by atoms with van der Waals surface area (Å²) in [6.45, 7) is 2.92. The molecule has 19 heavy (non-hydrogen) atoms. The van der Waals surface area contributed by atoms with Crippen molar-refractivity contribution in [2.24, 2.45) is 0 Å². The number of rotatable bonds is 4. The lowest BCUT2D eigenvalue weighted by molar-refractivity contribution is 0.178. The Bertz CT molecular complexity index is 673. The maximum atomic E-state index is 10.3. The molecule has 0 aliphatic heterocycles. The van der Waals surface area contributed by atoms with Crippen molar-refractivity contribution < 1.29 is 5.11 Å². The van der Waals surface area contributed by atoms with E-state index in [4.69, 9.17) is 0 Å². The van der Waals surface area contributed by atoms with Crippen molar-refractivity contribution in [3.05, 3.63) is 52.3 Å². The van der Waals surface area contributed by atoms with Gasteiger partial charge < -0.3 is 5.11 Å². The van der Waals surface area contributed by atoms with Crippen LogP contribution >= 0.6 is 11.3 Å². The van der Waals surface area contributed by atoms with Crippen molar-refractivity contribution in [1.82, 2.24) is 9.78 Å². The Balaban J connectivity index is 1.97. The van der Waals surface area contributed by atoms with Crippen molar-refractivity contribution in [3.63, 3.8) is 0 Å². The minimum absolute atomic E-state index is 0.477. The largest absolute Gasteiger partial charge is 0.388 e. The number of aromatic nitrogens is 2. The number of nitrogens with zero attached hydrogens (tertiary/aromatic N) is 2. The summed E-state index contributed by atoms with van der Waals surface area (Å²) in [7, 11) is 0. The van der Waals surface area contributed by atoms with E-state index in [-0.39, 0.29) is 0 Å². The summed E-state index contributed by atoms with van der Waals surface area (Å²) in [4.78, 5) is 0. The Morgan fingerprint density at radius 3 is 2.89 bits per heavy atom. The van der Waals surface area contributed by atoms with Crippen LogP contribution in [0.5, 0.6) is 0 Å². The van der Waals surface area contributed by atoms with Gasteiger partial charge in [0, 0.05) is 18.4 Å². The summed E-state index contributed by atoms with van der Waals surface area (Å²) < 4.78 is 1.99. The summed E-state index contributed by atoms with van der Waals surface area (Å²) in [5.74, 6) is 0. The smallest absolute Gasteiger partial charge is 0.0854 e. The Hall–Kier alpha value is -1.65. The van der Waals surface area contributed by atoms with Gasteiger partial charge >= 0.3 is 0 Å². The molecular weight excluding hydrogens is 256 g/mol. The van der Waals surface area contributed by atoms with Gasteiger partial charge in [-0.3, -0.25) is 4.68 Å². The number of hydrogen-bond acceptors (Lipinski definition) is 3. The summed E-state index contributed by atoms with van der Waals surface area (Å²) in [5.41, 5.74) is 3.08. The van der Waals surface area contributed by atoms with E-state index in [9.17, 15) is 5.11 Å². The van der Waals surface area contributed by atoms with Crippen LogP contribution in [-0.4, -0.2) is 14.9 Å². The number of benzene rings is 1. The maximum absolute atomic E-state index is 10.3. The summed E-state index contributed by atoms with van der Waals surface area (Å²) >= 11 is 1.61. The van der Waals surface area contributed by atoms with Gasteiger partial charge in [0.2, 0.25) is 0 Å². The molecule has 0 saturated carbocycles. The lowest BCUT2D eigenvalue weighted by Gasteiger charge is -2.06. The fourth-order valence-corrected chi connectivity index (χ4v) is 3.06. The van der Waals surface area contributed by atoms with Gasteiger partial charge in [0.25, 0.3) is 0 Å². The molecule has 0 saturated heterocycles. The van der Waals surface area contributed by atoms with Gasteiger partial charge in [-0.25, -0.2) is 0 Å². The molecule has 1 atom stereocenters. The molecule has 0 amide bonds. The number of fused-ring (bicyclic) bond motifs is 1. The highest BCUT2D eigenvalue weighted by atomic mass is 32.1. The van der Waals surface area contributed by atoms with Crippen molar-refractivity contribution in [2.75, 3.05) is 0 Å². The Labute approximate surface area is 116 Å². The van der Waals surface area contributed by atoms with Crippen LogP contribution in [-0.2, 0) is 13.0 Å². The molecule has 3 nitrogen and oxygen atoms in total.